The second-order valence-electron chi connectivity index (χ2n) is 6.80. The van der Waals surface area contributed by atoms with Crippen LogP contribution in [0.15, 0.2) is 0 Å². The molecule has 0 bridgehead atoms. The third-order valence-electron chi connectivity index (χ3n) is 4.87. The zero-order chi connectivity index (χ0) is 15.5. The Kier molecular flexibility index (Phi) is 4.76. The number of likely N-dealkylation sites (tertiary alicyclic amines) is 1. The van der Waals surface area contributed by atoms with Crippen LogP contribution in [0, 0.1) is 0 Å². The number of rotatable bonds is 3. The lowest BCUT2D eigenvalue weighted by Crippen LogP contribution is -2.42. The summed E-state index contributed by atoms with van der Waals surface area (Å²) in [5.74, 6) is 2.91. The van der Waals surface area contributed by atoms with E-state index in [0.29, 0.717) is 12.5 Å². The SMILES string of the molecule is CN(C)C(=O)CN1CCCC(c2nnc3n2CCCCC3)C1. The fourth-order valence-corrected chi connectivity index (χ4v) is 3.55. The van der Waals surface area contributed by atoms with Gasteiger partial charge in [-0.1, -0.05) is 6.42 Å². The number of nitrogens with zero attached hydrogens (tertiary/aromatic N) is 5. The van der Waals surface area contributed by atoms with E-state index in [1.54, 1.807) is 4.90 Å². The van der Waals surface area contributed by atoms with Crippen molar-refractivity contribution in [3.63, 3.8) is 0 Å². The number of piperidine rings is 1. The average Bonchev–Trinajstić information content (AvgIpc) is 2.76. The summed E-state index contributed by atoms with van der Waals surface area (Å²) in [6.07, 6.45) is 7.09. The maximum Gasteiger partial charge on any atom is 0.236 e. The standard InChI is InChI=1S/C16H27N5O/c1-19(2)15(22)12-20-9-6-7-13(11-20)16-18-17-14-8-4-3-5-10-21(14)16/h13H,3-12H2,1-2H3. The average molecular weight is 305 g/mol. The smallest absolute Gasteiger partial charge is 0.236 e. The highest BCUT2D eigenvalue weighted by Crippen LogP contribution is 2.27. The quantitative estimate of drug-likeness (QED) is 0.844. The highest BCUT2D eigenvalue weighted by atomic mass is 16.2. The summed E-state index contributed by atoms with van der Waals surface area (Å²) in [7, 11) is 3.64. The molecule has 1 aromatic heterocycles. The Bertz CT molecular complexity index is 525. The second kappa shape index (κ2) is 6.77. The van der Waals surface area contributed by atoms with E-state index in [-0.39, 0.29) is 5.91 Å². The van der Waals surface area contributed by atoms with Crippen molar-refractivity contribution in [1.29, 1.82) is 0 Å². The van der Waals surface area contributed by atoms with Gasteiger partial charge in [0, 0.05) is 39.5 Å². The molecule has 2 aliphatic heterocycles. The fourth-order valence-electron chi connectivity index (χ4n) is 3.55. The van der Waals surface area contributed by atoms with Crippen LogP contribution in [0.1, 0.15) is 49.7 Å². The monoisotopic (exact) mass is 305 g/mol. The summed E-state index contributed by atoms with van der Waals surface area (Å²) >= 11 is 0. The van der Waals surface area contributed by atoms with Crippen LogP contribution in [0.5, 0.6) is 0 Å². The molecule has 0 spiro atoms. The molecule has 1 aromatic rings. The highest BCUT2D eigenvalue weighted by molar-refractivity contribution is 5.77. The van der Waals surface area contributed by atoms with Crippen LogP contribution < -0.4 is 0 Å². The largest absolute Gasteiger partial charge is 0.348 e. The number of amides is 1. The molecule has 0 N–H and O–H groups in total. The van der Waals surface area contributed by atoms with E-state index in [0.717, 1.165) is 50.5 Å². The second-order valence-corrected chi connectivity index (χ2v) is 6.80. The van der Waals surface area contributed by atoms with Crippen molar-refractivity contribution < 1.29 is 4.79 Å². The van der Waals surface area contributed by atoms with Gasteiger partial charge in [-0.2, -0.15) is 0 Å². The summed E-state index contributed by atoms with van der Waals surface area (Å²) < 4.78 is 2.36. The van der Waals surface area contributed by atoms with Crippen LogP contribution >= 0.6 is 0 Å². The van der Waals surface area contributed by atoms with E-state index < -0.39 is 0 Å². The van der Waals surface area contributed by atoms with E-state index in [9.17, 15) is 4.79 Å². The lowest BCUT2D eigenvalue weighted by molar-refractivity contribution is -0.130. The number of aromatic nitrogens is 3. The lowest BCUT2D eigenvalue weighted by Gasteiger charge is -2.32. The van der Waals surface area contributed by atoms with Crippen LogP contribution in [0.2, 0.25) is 0 Å². The van der Waals surface area contributed by atoms with Crippen molar-refractivity contribution in [1.82, 2.24) is 24.6 Å². The Labute approximate surface area is 132 Å². The van der Waals surface area contributed by atoms with E-state index in [2.05, 4.69) is 19.7 Å². The van der Waals surface area contributed by atoms with Gasteiger partial charge in [0.1, 0.15) is 11.6 Å². The Morgan fingerprint density at radius 3 is 2.86 bits per heavy atom. The molecule has 1 fully saturated rings. The summed E-state index contributed by atoms with van der Waals surface area (Å²) in [5.41, 5.74) is 0. The summed E-state index contributed by atoms with van der Waals surface area (Å²) in [6, 6.07) is 0. The highest BCUT2D eigenvalue weighted by Gasteiger charge is 2.28. The Morgan fingerprint density at radius 2 is 2.05 bits per heavy atom. The zero-order valence-electron chi connectivity index (χ0n) is 13.8. The Morgan fingerprint density at radius 1 is 1.18 bits per heavy atom. The molecular weight excluding hydrogens is 278 g/mol. The van der Waals surface area contributed by atoms with Crippen LogP contribution in [-0.4, -0.2) is 64.2 Å². The molecule has 0 saturated carbocycles. The molecule has 22 heavy (non-hydrogen) atoms. The van der Waals surface area contributed by atoms with Crippen molar-refractivity contribution in [2.75, 3.05) is 33.7 Å². The maximum atomic E-state index is 11.9. The van der Waals surface area contributed by atoms with Gasteiger partial charge < -0.3 is 9.47 Å². The molecule has 1 amide bonds. The van der Waals surface area contributed by atoms with Crippen molar-refractivity contribution in [3.05, 3.63) is 11.6 Å². The third-order valence-corrected chi connectivity index (χ3v) is 4.87. The topological polar surface area (TPSA) is 54.3 Å². The molecule has 6 heteroatoms. The van der Waals surface area contributed by atoms with Gasteiger partial charge in [-0.15, -0.1) is 10.2 Å². The van der Waals surface area contributed by atoms with Gasteiger partial charge in [0.05, 0.1) is 6.54 Å². The number of carbonyl (C=O) groups is 1. The van der Waals surface area contributed by atoms with Crippen molar-refractivity contribution >= 4 is 5.91 Å². The molecule has 3 rings (SSSR count). The number of hydrogen-bond acceptors (Lipinski definition) is 4. The van der Waals surface area contributed by atoms with E-state index in [1.807, 2.05) is 14.1 Å². The molecule has 1 unspecified atom stereocenters. The molecule has 2 aliphatic rings. The van der Waals surface area contributed by atoms with Crippen LogP contribution in [0.25, 0.3) is 0 Å². The molecule has 0 radical (unpaired) electrons. The first kappa shape index (κ1) is 15.5. The van der Waals surface area contributed by atoms with E-state index in [1.165, 1.54) is 19.3 Å². The number of likely N-dealkylation sites (N-methyl/N-ethyl adjacent to an activating group) is 1. The summed E-state index contributed by atoms with van der Waals surface area (Å²) in [4.78, 5) is 15.9. The first-order chi connectivity index (χ1) is 10.6. The molecule has 122 valence electrons. The summed E-state index contributed by atoms with van der Waals surface area (Å²) in [5, 5.41) is 8.93. The van der Waals surface area contributed by atoms with Crippen LogP contribution in [0.3, 0.4) is 0 Å². The number of aryl methyl sites for hydroxylation is 1. The van der Waals surface area contributed by atoms with Gasteiger partial charge >= 0.3 is 0 Å². The zero-order valence-corrected chi connectivity index (χ0v) is 13.8. The van der Waals surface area contributed by atoms with Crippen molar-refractivity contribution in [2.24, 2.45) is 0 Å². The van der Waals surface area contributed by atoms with Gasteiger partial charge in [0.2, 0.25) is 5.91 Å². The van der Waals surface area contributed by atoms with Crippen molar-refractivity contribution in [2.45, 2.75) is 51.0 Å². The Balaban J connectivity index is 1.70. The molecule has 0 aliphatic carbocycles. The molecule has 3 heterocycles. The lowest BCUT2D eigenvalue weighted by atomic mass is 9.97. The van der Waals surface area contributed by atoms with Gasteiger partial charge in [0.15, 0.2) is 0 Å². The number of hydrogen-bond donors (Lipinski definition) is 0. The van der Waals surface area contributed by atoms with E-state index >= 15 is 0 Å². The molecule has 1 saturated heterocycles. The molecular formula is C16H27N5O. The minimum absolute atomic E-state index is 0.181. The van der Waals surface area contributed by atoms with Gasteiger partial charge in [-0.25, -0.2) is 0 Å². The number of fused-ring (bicyclic) bond motifs is 1. The maximum absolute atomic E-state index is 11.9. The minimum Gasteiger partial charge on any atom is -0.348 e. The first-order valence-electron chi connectivity index (χ1n) is 8.49. The number of carbonyl (C=O) groups excluding carboxylic acids is 1. The normalized spacial score (nSPS) is 22.9. The van der Waals surface area contributed by atoms with Gasteiger partial charge in [0.25, 0.3) is 0 Å². The van der Waals surface area contributed by atoms with Crippen LogP contribution in [0.4, 0.5) is 0 Å². The van der Waals surface area contributed by atoms with Crippen LogP contribution in [-0.2, 0) is 17.8 Å². The van der Waals surface area contributed by atoms with Crippen molar-refractivity contribution in [3.8, 4) is 0 Å². The fraction of sp³-hybridized carbons (Fsp3) is 0.812. The molecule has 0 aromatic carbocycles. The predicted molar refractivity (Wildman–Crippen MR) is 84.7 cm³/mol. The molecule has 1 atom stereocenters. The predicted octanol–water partition coefficient (Wildman–Crippen LogP) is 1.27. The first-order valence-corrected chi connectivity index (χ1v) is 8.49. The summed E-state index contributed by atoms with van der Waals surface area (Å²) in [6.45, 7) is 3.52. The van der Waals surface area contributed by atoms with E-state index in [4.69, 9.17) is 0 Å². The minimum atomic E-state index is 0.181. The Hall–Kier alpha value is -1.43. The third kappa shape index (κ3) is 3.32. The van der Waals surface area contributed by atoms with Gasteiger partial charge in [-0.05, 0) is 32.2 Å². The van der Waals surface area contributed by atoms with Gasteiger partial charge in [-0.3, -0.25) is 9.69 Å². The molecule has 6 nitrogen and oxygen atoms in total.